The van der Waals surface area contributed by atoms with E-state index in [1.54, 1.807) is 12.1 Å². The molecule has 2 heterocycles. The highest BCUT2D eigenvalue weighted by Gasteiger charge is 2.34. The van der Waals surface area contributed by atoms with E-state index in [2.05, 4.69) is 21.7 Å². The molecule has 4 rings (SSSR count). The Morgan fingerprint density at radius 1 is 1.22 bits per heavy atom. The van der Waals surface area contributed by atoms with E-state index in [0.717, 1.165) is 41.6 Å². The van der Waals surface area contributed by atoms with Crippen LogP contribution >= 0.6 is 11.8 Å². The summed E-state index contributed by atoms with van der Waals surface area (Å²) < 4.78 is 23.0. The lowest BCUT2D eigenvalue weighted by Gasteiger charge is -2.33. The Kier molecular flexibility index (Phi) is 5.76. The van der Waals surface area contributed by atoms with Gasteiger partial charge in [-0.3, -0.25) is 4.79 Å². The van der Waals surface area contributed by atoms with Crippen molar-refractivity contribution in [2.45, 2.75) is 36.3 Å². The van der Waals surface area contributed by atoms with Gasteiger partial charge in [-0.15, -0.1) is 0 Å². The minimum atomic E-state index is -3.31. The highest BCUT2D eigenvalue weighted by Crippen LogP contribution is 2.35. The molecule has 0 radical (unpaired) electrons. The molecule has 0 unspecified atom stereocenters. The number of anilines is 1. The third-order valence-corrected chi connectivity index (χ3v) is 7.65. The fraction of sp³-hybridized carbons (Fsp3) is 0.318. The molecule has 2 aromatic carbocycles. The van der Waals surface area contributed by atoms with Crippen molar-refractivity contribution in [1.82, 2.24) is 5.43 Å². The second kappa shape index (κ2) is 8.25. The number of nitrogens with zero attached hydrogens (tertiary/aromatic N) is 3. The van der Waals surface area contributed by atoms with Crippen molar-refractivity contribution in [2.24, 2.45) is 10.3 Å². The number of amidine groups is 1. The van der Waals surface area contributed by atoms with Crippen LogP contribution in [0, 0.1) is 0 Å². The minimum Gasteiger partial charge on any atom is -0.409 e. The third-order valence-electron chi connectivity index (χ3n) is 5.54. The van der Waals surface area contributed by atoms with E-state index in [1.165, 1.54) is 23.9 Å². The van der Waals surface area contributed by atoms with Gasteiger partial charge in [-0.2, -0.15) is 5.10 Å². The second-order valence-corrected chi connectivity index (χ2v) is 11.9. The van der Waals surface area contributed by atoms with Crippen LogP contribution in [0.15, 0.2) is 57.6 Å². The molecule has 32 heavy (non-hydrogen) atoms. The van der Waals surface area contributed by atoms with Gasteiger partial charge >= 0.3 is 0 Å². The number of fused-ring (bicyclic) bond motifs is 1. The van der Waals surface area contributed by atoms with Gasteiger partial charge in [0.05, 0.1) is 15.4 Å². The van der Waals surface area contributed by atoms with Gasteiger partial charge < -0.3 is 10.1 Å². The lowest BCUT2D eigenvalue weighted by atomic mass is 9.93. The van der Waals surface area contributed by atoms with Gasteiger partial charge in [0, 0.05) is 24.1 Å². The molecule has 10 heteroatoms. The molecule has 0 aromatic heterocycles. The fourth-order valence-electron chi connectivity index (χ4n) is 4.03. The van der Waals surface area contributed by atoms with Gasteiger partial charge in [0.15, 0.2) is 15.7 Å². The molecule has 0 atom stereocenters. The summed E-state index contributed by atoms with van der Waals surface area (Å²) in [6.07, 6.45) is 2.88. The number of carbonyl (C=O) groups excluding carboxylic acids is 1. The summed E-state index contributed by atoms with van der Waals surface area (Å²) in [5.41, 5.74) is 6.91. The quantitative estimate of drug-likeness (QED) is 0.305. The highest BCUT2D eigenvalue weighted by atomic mass is 32.2. The van der Waals surface area contributed by atoms with Crippen LogP contribution in [0.2, 0.25) is 0 Å². The zero-order valence-corrected chi connectivity index (χ0v) is 19.6. The minimum absolute atomic E-state index is 0.173. The van der Waals surface area contributed by atoms with E-state index in [0.29, 0.717) is 17.9 Å². The van der Waals surface area contributed by atoms with Crippen LogP contribution in [0.3, 0.4) is 0 Å². The summed E-state index contributed by atoms with van der Waals surface area (Å²) in [6.45, 7) is 4.60. The number of hydrogen-bond donors (Lipinski definition) is 2. The average molecular weight is 473 g/mol. The fourth-order valence-corrected chi connectivity index (χ4v) is 5.48. The van der Waals surface area contributed by atoms with Gasteiger partial charge in [0.25, 0.3) is 5.24 Å². The maximum Gasteiger partial charge on any atom is 0.300 e. The van der Waals surface area contributed by atoms with Gasteiger partial charge in [-0.1, -0.05) is 23.0 Å². The third kappa shape index (κ3) is 4.24. The number of hydrazone groups is 1. The molecule has 0 spiro atoms. The highest BCUT2D eigenvalue weighted by molar-refractivity contribution is 8.15. The summed E-state index contributed by atoms with van der Waals surface area (Å²) in [4.78, 5) is 13.9. The first-order chi connectivity index (χ1) is 15.1. The smallest absolute Gasteiger partial charge is 0.300 e. The van der Waals surface area contributed by atoms with E-state index in [9.17, 15) is 18.4 Å². The van der Waals surface area contributed by atoms with E-state index >= 15 is 0 Å². The lowest BCUT2D eigenvalue weighted by molar-refractivity contribution is 0.260. The molecule has 1 amide bonds. The number of sulfone groups is 1. The van der Waals surface area contributed by atoms with Crippen molar-refractivity contribution in [3.63, 3.8) is 0 Å². The zero-order valence-electron chi connectivity index (χ0n) is 18.0. The number of hydrogen-bond acceptors (Lipinski definition) is 7. The molecular weight excluding hydrogens is 448 g/mol. The van der Waals surface area contributed by atoms with Gasteiger partial charge in [0.1, 0.15) is 0 Å². The Hall–Kier alpha value is -2.85. The molecule has 0 aliphatic carbocycles. The van der Waals surface area contributed by atoms with Crippen molar-refractivity contribution < 1.29 is 18.4 Å². The molecule has 0 saturated carbocycles. The van der Waals surface area contributed by atoms with Crippen molar-refractivity contribution in [2.75, 3.05) is 17.7 Å². The predicted molar refractivity (Wildman–Crippen MR) is 127 cm³/mol. The molecule has 2 aliphatic rings. The maximum absolute atomic E-state index is 11.8. The first-order valence-corrected chi connectivity index (χ1v) is 12.8. The summed E-state index contributed by atoms with van der Waals surface area (Å²) in [5, 5.41) is 17.5. The molecule has 2 aromatic rings. The standard InChI is InChI=1S/C22H24N4O4S2/c1-22(2)19(23-24-21(27)31-22)16-8-11-18-15(13-16)5-4-12-26(18)20(25-28)14-6-9-17(10-7-14)32(3,29)30/h6-11,13,28H,4-5,12H2,1-3H3,(H,24,27). The number of rotatable bonds is 3. The molecular formula is C22H24N4O4S2. The summed E-state index contributed by atoms with van der Waals surface area (Å²) in [5.74, 6) is 0.358. The van der Waals surface area contributed by atoms with E-state index in [-0.39, 0.29) is 10.1 Å². The normalized spacial score (nSPS) is 18.6. The monoisotopic (exact) mass is 472 g/mol. The van der Waals surface area contributed by atoms with Crippen molar-refractivity contribution in [3.8, 4) is 0 Å². The summed E-state index contributed by atoms with van der Waals surface area (Å²) in [6, 6.07) is 12.3. The number of aryl methyl sites for hydroxylation is 1. The van der Waals surface area contributed by atoms with Crippen molar-refractivity contribution >= 4 is 44.1 Å². The first kappa shape index (κ1) is 22.3. The average Bonchev–Trinajstić information content (AvgIpc) is 2.73. The number of carbonyl (C=O) groups is 1. The molecule has 0 fully saturated rings. The van der Waals surface area contributed by atoms with Crippen LogP contribution in [0.5, 0.6) is 0 Å². The van der Waals surface area contributed by atoms with E-state index in [1.807, 2.05) is 30.9 Å². The van der Waals surface area contributed by atoms with Crippen molar-refractivity contribution in [1.29, 1.82) is 0 Å². The van der Waals surface area contributed by atoms with Crippen molar-refractivity contribution in [3.05, 3.63) is 59.2 Å². The second-order valence-electron chi connectivity index (χ2n) is 8.29. The van der Waals surface area contributed by atoms with E-state index < -0.39 is 14.6 Å². The number of thioether (sulfide) groups is 1. The number of oxime groups is 1. The number of amides is 1. The van der Waals surface area contributed by atoms with Crippen LogP contribution in [0.1, 0.15) is 37.0 Å². The van der Waals surface area contributed by atoms with Gasteiger partial charge in [0.2, 0.25) is 0 Å². The Balaban J connectivity index is 1.69. The van der Waals surface area contributed by atoms with Crippen LogP contribution in [-0.4, -0.2) is 48.0 Å². The Labute approximate surface area is 191 Å². The van der Waals surface area contributed by atoms with Gasteiger partial charge in [-0.05, 0) is 74.2 Å². The molecule has 2 N–H and O–H groups in total. The SMILES string of the molecule is CC1(C)SC(=O)NN=C1c1ccc2c(c1)CCCN2C(=NO)c1ccc(S(C)(=O)=O)cc1. The largest absolute Gasteiger partial charge is 0.409 e. The van der Waals surface area contributed by atoms with Crippen LogP contribution < -0.4 is 10.3 Å². The number of nitrogens with one attached hydrogen (secondary N) is 1. The predicted octanol–water partition coefficient (Wildman–Crippen LogP) is 3.62. The lowest BCUT2D eigenvalue weighted by Crippen LogP contribution is -2.39. The summed E-state index contributed by atoms with van der Waals surface area (Å²) >= 11 is 1.21. The Bertz CT molecular complexity index is 1240. The van der Waals surface area contributed by atoms with Crippen LogP contribution in [0.4, 0.5) is 10.5 Å². The topological polar surface area (TPSA) is 111 Å². The van der Waals surface area contributed by atoms with Crippen LogP contribution in [0.25, 0.3) is 0 Å². The molecule has 8 nitrogen and oxygen atoms in total. The van der Waals surface area contributed by atoms with Gasteiger partial charge in [-0.25, -0.2) is 13.8 Å². The molecule has 0 bridgehead atoms. The zero-order chi connectivity index (χ0) is 23.1. The Morgan fingerprint density at radius 3 is 2.56 bits per heavy atom. The molecule has 0 saturated heterocycles. The van der Waals surface area contributed by atoms with E-state index in [4.69, 9.17) is 0 Å². The number of benzene rings is 2. The molecule has 168 valence electrons. The summed E-state index contributed by atoms with van der Waals surface area (Å²) in [7, 11) is -3.31. The first-order valence-electron chi connectivity index (χ1n) is 10.1. The molecule has 2 aliphatic heterocycles. The maximum atomic E-state index is 11.8. The Morgan fingerprint density at radius 2 is 1.94 bits per heavy atom. The van der Waals surface area contributed by atoms with Crippen LogP contribution in [-0.2, 0) is 16.3 Å².